The molecule has 1 aliphatic rings. The number of aliphatic hydroxyl groups excluding tert-OH is 1. The fraction of sp³-hybridized carbons (Fsp3) is 0.458. The summed E-state index contributed by atoms with van der Waals surface area (Å²) in [6.07, 6.45) is 0.457. The van der Waals surface area contributed by atoms with Crippen LogP contribution in [-0.4, -0.2) is 68.3 Å². The minimum absolute atomic E-state index is 0.0275. The maximum Gasteiger partial charge on any atom is 0.161 e. The molecule has 1 N–H and O–H groups in total. The molecule has 162 valence electrons. The highest BCUT2D eigenvalue weighted by Gasteiger charge is 2.20. The van der Waals surface area contributed by atoms with Crippen LogP contribution in [0.2, 0.25) is 0 Å². The second-order valence-electron chi connectivity index (χ2n) is 7.69. The first-order valence-electron chi connectivity index (χ1n) is 10.6. The third-order valence-electron chi connectivity index (χ3n) is 5.55. The van der Waals surface area contributed by atoms with Gasteiger partial charge >= 0.3 is 0 Å². The van der Waals surface area contributed by atoms with Crippen LogP contribution in [0, 0.1) is 0 Å². The van der Waals surface area contributed by atoms with Gasteiger partial charge in [0.1, 0.15) is 12.7 Å². The number of rotatable bonds is 9. The summed E-state index contributed by atoms with van der Waals surface area (Å²) < 4.78 is 11.1. The maximum absolute atomic E-state index is 11.5. The number of Topliss-reactive ketones (excluding diaryl/α,β-unsaturated/α-hetero) is 1. The van der Waals surface area contributed by atoms with E-state index in [4.69, 9.17) is 9.47 Å². The van der Waals surface area contributed by atoms with Crippen molar-refractivity contribution in [2.45, 2.75) is 26.4 Å². The van der Waals surface area contributed by atoms with Gasteiger partial charge in [-0.1, -0.05) is 19.1 Å². The number of methoxy groups -OCH3 is 1. The highest BCUT2D eigenvalue weighted by atomic mass is 16.5. The van der Waals surface area contributed by atoms with E-state index in [1.54, 1.807) is 18.2 Å². The number of anilines is 1. The molecule has 1 aliphatic heterocycles. The highest BCUT2D eigenvalue weighted by molar-refractivity contribution is 5.94. The molecule has 0 unspecified atom stereocenters. The van der Waals surface area contributed by atoms with Crippen molar-refractivity contribution in [1.82, 2.24) is 4.90 Å². The third kappa shape index (κ3) is 5.74. The molecule has 1 atom stereocenters. The van der Waals surface area contributed by atoms with E-state index in [2.05, 4.69) is 41.0 Å². The van der Waals surface area contributed by atoms with E-state index in [0.29, 0.717) is 23.6 Å². The largest absolute Gasteiger partial charge is 0.493 e. The van der Waals surface area contributed by atoms with Gasteiger partial charge in [0.15, 0.2) is 17.3 Å². The second-order valence-corrected chi connectivity index (χ2v) is 7.69. The monoisotopic (exact) mass is 412 g/mol. The van der Waals surface area contributed by atoms with E-state index >= 15 is 0 Å². The first-order valence-corrected chi connectivity index (χ1v) is 10.6. The molecule has 0 aliphatic carbocycles. The van der Waals surface area contributed by atoms with Crippen molar-refractivity contribution in [3.63, 3.8) is 0 Å². The molecule has 30 heavy (non-hydrogen) atoms. The molecule has 1 fully saturated rings. The average molecular weight is 413 g/mol. The number of carbonyl (C=O) groups is 1. The first kappa shape index (κ1) is 22.1. The molecule has 0 saturated carbocycles. The van der Waals surface area contributed by atoms with E-state index in [-0.39, 0.29) is 12.4 Å². The summed E-state index contributed by atoms with van der Waals surface area (Å²) in [5.41, 5.74) is 3.19. The van der Waals surface area contributed by atoms with Crippen LogP contribution in [-0.2, 0) is 6.42 Å². The lowest BCUT2D eigenvalue weighted by Gasteiger charge is -2.37. The van der Waals surface area contributed by atoms with E-state index in [9.17, 15) is 9.90 Å². The Morgan fingerprint density at radius 1 is 1.07 bits per heavy atom. The van der Waals surface area contributed by atoms with Crippen molar-refractivity contribution in [3.8, 4) is 11.5 Å². The van der Waals surface area contributed by atoms with E-state index < -0.39 is 6.10 Å². The molecule has 2 aromatic rings. The Kier molecular flexibility index (Phi) is 7.71. The first-order chi connectivity index (χ1) is 14.5. The zero-order valence-electron chi connectivity index (χ0n) is 18.1. The number of aryl methyl sites for hydroxylation is 1. The lowest BCUT2D eigenvalue weighted by molar-refractivity contribution is 0.0653. The SMILES string of the molecule is CCc1ccc(N2CCN(C[C@@H](O)COc3ccc(C(C)=O)cc3OC)CC2)cc1. The number of hydrogen-bond donors (Lipinski definition) is 1. The number of aliphatic hydroxyl groups is 1. The van der Waals surface area contributed by atoms with Crippen LogP contribution in [0.1, 0.15) is 29.8 Å². The smallest absolute Gasteiger partial charge is 0.161 e. The van der Waals surface area contributed by atoms with E-state index in [0.717, 1.165) is 32.6 Å². The predicted molar refractivity (Wildman–Crippen MR) is 119 cm³/mol. The number of nitrogens with zero attached hydrogens (tertiary/aromatic N) is 2. The minimum Gasteiger partial charge on any atom is -0.493 e. The molecular formula is C24H32N2O4. The van der Waals surface area contributed by atoms with Crippen LogP contribution in [0.4, 0.5) is 5.69 Å². The molecule has 0 spiro atoms. The summed E-state index contributed by atoms with van der Waals surface area (Å²) in [5, 5.41) is 10.4. The number of piperazine rings is 1. The Morgan fingerprint density at radius 3 is 2.37 bits per heavy atom. The Morgan fingerprint density at radius 2 is 1.77 bits per heavy atom. The summed E-state index contributed by atoms with van der Waals surface area (Å²) >= 11 is 0. The van der Waals surface area contributed by atoms with Crippen LogP contribution in [0.15, 0.2) is 42.5 Å². The van der Waals surface area contributed by atoms with Gasteiger partial charge in [-0.3, -0.25) is 9.69 Å². The number of ether oxygens (including phenoxy) is 2. The molecule has 0 aromatic heterocycles. The number of carbonyl (C=O) groups excluding carboxylic acids is 1. The molecule has 0 amide bonds. The van der Waals surface area contributed by atoms with Crippen LogP contribution in [0.25, 0.3) is 0 Å². The Labute approximate surface area is 179 Å². The molecular weight excluding hydrogens is 380 g/mol. The van der Waals surface area contributed by atoms with Gasteiger partial charge in [0.05, 0.1) is 7.11 Å². The standard InChI is InChI=1S/C24H32N2O4/c1-4-19-5-8-21(9-6-19)26-13-11-25(12-14-26)16-22(28)17-30-23-10-7-20(18(2)27)15-24(23)29-3/h5-10,15,22,28H,4,11-14,16-17H2,1-3H3/t22-/m1/s1. The zero-order valence-corrected chi connectivity index (χ0v) is 18.1. The van der Waals surface area contributed by atoms with Gasteiger partial charge < -0.3 is 19.5 Å². The van der Waals surface area contributed by atoms with Gasteiger partial charge in [-0.2, -0.15) is 0 Å². The number of benzene rings is 2. The van der Waals surface area contributed by atoms with Crippen molar-refractivity contribution in [3.05, 3.63) is 53.6 Å². The number of β-amino-alcohol motifs (C(OH)–C–C–N with tert-alkyl or cyclic N) is 1. The highest BCUT2D eigenvalue weighted by Crippen LogP contribution is 2.28. The molecule has 0 radical (unpaired) electrons. The zero-order chi connectivity index (χ0) is 21.5. The van der Waals surface area contributed by atoms with Gasteiger partial charge in [0.25, 0.3) is 0 Å². The second kappa shape index (κ2) is 10.5. The quantitative estimate of drug-likeness (QED) is 0.639. The predicted octanol–water partition coefficient (Wildman–Crippen LogP) is 3.02. The maximum atomic E-state index is 11.5. The third-order valence-corrected chi connectivity index (χ3v) is 5.55. The molecule has 1 heterocycles. The van der Waals surface area contributed by atoms with Crippen LogP contribution >= 0.6 is 0 Å². The molecule has 6 heteroatoms. The van der Waals surface area contributed by atoms with Gasteiger partial charge in [-0.15, -0.1) is 0 Å². The van der Waals surface area contributed by atoms with Gasteiger partial charge in [0, 0.05) is 44.0 Å². The average Bonchev–Trinajstić information content (AvgIpc) is 2.78. The topological polar surface area (TPSA) is 62.2 Å². The fourth-order valence-corrected chi connectivity index (χ4v) is 3.67. The van der Waals surface area contributed by atoms with Crippen LogP contribution < -0.4 is 14.4 Å². The number of hydrogen-bond acceptors (Lipinski definition) is 6. The van der Waals surface area contributed by atoms with Gasteiger partial charge in [0.2, 0.25) is 0 Å². The van der Waals surface area contributed by atoms with Crippen molar-refractivity contribution in [2.75, 3.05) is 51.3 Å². The molecule has 6 nitrogen and oxygen atoms in total. The van der Waals surface area contributed by atoms with Crippen molar-refractivity contribution >= 4 is 11.5 Å². The molecule has 1 saturated heterocycles. The number of ketones is 1. The van der Waals surface area contributed by atoms with Gasteiger partial charge in [-0.25, -0.2) is 0 Å². The summed E-state index contributed by atoms with van der Waals surface area (Å²) in [7, 11) is 1.54. The molecule has 2 aromatic carbocycles. The lowest BCUT2D eigenvalue weighted by atomic mass is 10.1. The lowest BCUT2D eigenvalue weighted by Crippen LogP contribution is -2.49. The molecule has 0 bridgehead atoms. The Bertz CT molecular complexity index is 830. The van der Waals surface area contributed by atoms with Gasteiger partial charge in [-0.05, 0) is 49.2 Å². The van der Waals surface area contributed by atoms with Crippen molar-refractivity contribution in [1.29, 1.82) is 0 Å². The Hall–Kier alpha value is -2.57. The normalized spacial score (nSPS) is 15.7. The van der Waals surface area contributed by atoms with E-state index in [1.165, 1.54) is 25.3 Å². The van der Waals surface area contributed by atoms with Crippen molar-refractivity contribution < 1.29 is 19.4 Å². The summed E-state index contributed by atoms with van der Waals surface area (Å²) in [5.74, 6) is 1.000. The van der Waals surface area contributed by atoms with Crippen LogP contribution in [0.3, 0.4) is 0 Å². The summed E-state index contributed by atoms with van der Waals surface area (Å²) in [4.78, 5) is 16.2. The summed E-state index contributed by atoms with van der Waals surface area (Å²) in [6.45, 7) is 8.12. The van der Waals surface area contributed by atoms with E-state index in [1.807, 2.05) is 0 Å². The summed E-state index contributed by atoms with van der Waals surface area (Å²) in [6, 6.07) is 13.9. The Balaban J connectivity index is 1.46. The van der Waals surface area contributed by atoms with Crippen LogP contribution in [0.5, 0.6) is 11.5 Å². The minimum atomic E-state index is -0.599. The fourth-order valence-electron chi connectivity index (χ4n) is 3.67. The van der Waals surface area contributed by atoms with Crippen molar-refractivity contribution in [2.24, 2.45) is 0 Å². The molecule has 3 rings (SSSR count).